The second kappa shape index (κ2) is 3.94. The van der Waals surface area contributed by atoms with Crippen molar-refractivity contribution < 1.29 is 9.90 Å². The summed E-state index contributed by atoms with van der Waals surface area (Å²) in [5, 5.41) is 11.6. The smallest absolute Gasteiger partial charge is 0.167 e. The topological polar surface area (TPSA) is 49.3 Å². The molecule has 0 aliphatic rings. The van der Waals surface area contributed by atoms with Crippen molar-refractivity contribution in [3.63, 3.8) is 0 Å². The molecule has 54 valence electrons. The van der Waals surface area contributed by atoms with Crippen LogP contribution in [-0.4, -0.2) is 29.8 Å². The molecule has 0 aliphatic heterocycles. The van der Waals surface area contributed by atoms with Gasteiger partial charge in [0, 0.05) is 0 Å². The van der Waals surface area contributed by atoms with Crippen LogP contribution in [0.2, 0.25) is 0 Å². The molecule has 0 heterocycles. The summed E-state index contributed by atoms with van der Waals surface area (Å²) < 4.78 is 0. The third kappa shape index (κ3) is 2.89. The molecule has 0 radical (unpaired) electrons. The van der Waals surface area contributed by atoms with Crippen LogP contribution in [0.5, 0.6) is 0 Å². The fourth-order valence-electron chi connectivity index (χ4n) is 0.621. The van der Waals surface area contributed by atoms with Gasteiger partial charge in [-0.2, -0.15) is 0 Å². The number of hydrogen-bond donors (Lipinski definition) is 2. The van der Waals surface area contributed by atoms with Crippen LogP contribution < -0.4 is 5.32 Å². The van der Waals surface area contributed by atoms with Crippen molar-refractivity contribution in [2.24, 2.45) is 0 Å². The van der Waals surface area contributed by atoms with Crippen LogP contribution in [0, 0.1) is 0 Å². The zero-order valence-electron chi connectivity index (χ0n) is 5.59. The molecule has 0 amide bonds. The monoisotopic (exact) mass is 149 g/mol. The van der Waals surface area contributed by atoms with Crippen molar-refractivity contribution in [3.05, 3.63) is 0 Å². The number of nitrogens with one attached hydrogen (secondary N) is 1. The highest BCUT2D eigenvalue weighted by molar-refractivity contribution is 7.40. The van der Waals surface area contributed by atoms with Gasteiger partial charge in [0.1, 0.15) is 0 Å². The molecule has 0 fully saturated rings. The van der Waals surface area contributed by atoms with Gasteiger partial charge in [0.2, 0.25) is 0 Å². The van der Waals surface area contributed by atoms with Gasteiger partial charge >= 0.3 is 0 Å². The molecule has 0 saturated carbocycles. The van der Waals surface area contributed by atoms with E-state index >= 15 is 0 Å². The van der Waals surface area contributed by atoms with Crippen molar-refractivity contribution in [1.29, 1.82) is 0 Å². The highest BCUT2D eigenvalue weighted by Crippen LogP contribution is 1.98. The van der Waals surface area contributed by atoms with E-state index in [0.29, 0.717) is 0 Å². The Hall–Kier alpha value is 0.0200. The number of carbonyl (C=O) groups excluding carboxylic acids is 1. The largest absolute Gasteiger partial charge is 0.391 e. The minimum atomic E-state index is -0.625. The third-order valence-electron chi connectivity index (χ3n) is 1.10. The predicted molar refractivity (Wildman–Crippen MR) is 39.2 cm³/mol. The maximum Gasteiger partial charge on any atom is 0.167 e. The molecule has 0 aromatic carbocycles. The molecule has 0 spiro atoms. The fraction of sp³-hybridized carbons (Fsp3) is 0.800. The number of aliphatic hydroxyl groups is 1. The molecule has 0 aromatic heterocycles. The summed E-state index contributed by atoms with van der Waals surface area (Å²) in [6.07, 6.45) is -0.625. The lowest BCUT2D eigenvalue weighted by Crippen LogP contribution is -2.40. The standard InChI is InChI=1S/C5H12NO2P/c1-3(7)4(6-2)5(8)9/h3-4,6-7H,9H2,1-2H3. The van der Waals surface area contributed by atoms with E-state index in [-0.39, 0.29) is 5.52 Å². The van der Waals surface area contributed by atoms with Gasteiger partial charge in [0.05, 0.1) is 12.1 Å². The summed E-state index contributed by atoms with van der Waals surface area (Å²) in [7, 11) is 3.66. The summed E-state index contributed by atoms with van der Waals surface area (Å²) in [4.78, 5) is 10.6. The van der Waals surface area contributed by atoms with E-state index in [4.69, 9.17) is 5.11 Å². The van der Waals surface area contributed by atoms with Crippen molar-refractivity contribution >= 4 is 14.8 Å². The van der Waals surface area contributed by atoms with Crippen molar-refractivity contribution in [2.75, 3.05) is 7.05 Å². The average Bonchev–Trinajstić information content (AvgIpc) is 1.64. The Labute approximate surface area is 57.0 Å². The van der Waals surface area contributed by atoms with Gasteiger partial charge in [0.25, 0.3) is 0 Å². The summed E-state index contributed by atoms with van der Waals surface area (Å²) in [5.74, 6) is 0. The predicted octanol–water partition coefficient (Wildman–Crippen LogP) is -0.643. The number of carbonyl (C=O) groups is 1. The first-order valence-corrected chi connectivity index (χ1v) is 3.32. The van der Waals surface area contributed by atoms with Gasteiger partial charge < -0.3 is 10.4 Å². The quantitative estimate of drug-likeness (QED) is 0.524. The van der Waals surface area contributed by atoms with Crippen molar-refractivity contribution in [2.45, 2.75) is 19.1 Å². The Morgan fingerprint density at radius 1 is 1.78 bits per heavy atom. The maximum atomic E-state index is 10.6. The first kappa shape index (κ1) is 9.02. The SMILES string of the molecule is CNC(C(=O)P)C(C)O. The minimum absolute atomic E-state index is 0.118. The first-order chi connectivity index (χ1) is 4.09. The molecule has 3 unspecified atom stereocenters. The van der Waals surface area contributed by atoms with Gasteiger partial charge in [-0.25, -0.2) is 0 Å². The molecule has 3 atom stereocenters. The molecule has 0 aromatic rings. The van der Waals surface area contributed by atoms with E-state index in [1.54, 1.807) is 14.0 Å². The zero-order chi connectivity index (χ0) is 7.44. The number of hydrogen-bond acceptors (Lipinski definition) is 3. The van der Waals surface area contributed by atoms with Gasteiger partial charge in [-0.1, -0.05) is 9.24 Å². The molecule has 0 aliphatic carbocycles. The summed E-state index contributed by atoms with van der Waals surface area (Å²) in [6.45, 7) is 1.57. The van der Waals surface area contributed by atoms with E-state index in [2.05, 4.69) is 5.32 Å². The summed E-state index contributed by atoms with van der Waals surface area (Å²) in [6, 6.07) is -0.449. The van der Waals surface area contributed by atoms with Crippen LogP contribution in [-0.2, 0) is 4.79 Å². The summed E-state index contributed by atoms with van der Waals surface area (Å²) in [5.41, 5.74) is -0.118. The van der Waals surface area contributed by atoms with Crippen molar-refractivity contribution in [3.8, 4) is 0 Å². The van der Waals surface area contributed by atoms with Gasteiger partial charge in [-0.15, -0.1) is 0 Å². The van der Waals surface area contributed by atoms with Gasteiger partial charge in [-0.3, -0.25) is 4.79 Å². The third-order valence-corrected chi connectivity index (χ3v) is 1.46. The Morgan fingerprint density at radius 2 is 2.22 bits per heavy atom. The lowest BCUT2D eigenvalue weighted by molar-refractivity contribution is -0.114. The van der Waals surface area contributed by atoms with E-state index in [0.717, 1.165) is 0 Å². The molecule has 0 rings (SSSR count). The lowest BCUT2D eigenvalue weighted by atomic mass is 10.2. The van der Waals surface area contributed by atoms with E-state index in [1.165, 1.54) is 0 Å². The highest BCUT2D eigenvalue weighted by Gasteiger charge is 2.16. The molecule has 2 N–H and O–H groups in total. The summed E-state index contributed by atoms with van der Waals surface area (Å²) >= 11 is 0. The molecule has 0 saturated heterocycles. The first-order valence-electron chi connectivity index (χ1n) is 2.74. The van der Waals surface area contributed by atoms with Gasteiger partial charge in [-0.05, 0) is 14.0 Å². The number of likely N-dealkylation sites (N-methyl/N-ethyl adjacent to an activating group) is 1. The Balaban J connectivity index is 3.83. The zero-order valence-corrected chi connectivity index (χ0v) is 6.74. The van der Waals surface area contributed by atoms with E-state index in [1.807, 2.05) is 9.24 Å². The Bertz CT molecular complexity index is 105. The number of aliphatic hydroxyl groups excluding tert-OH is 1. The van der Waals surface area contributed by atoms with Crippen LogP contribution in [0.25, 0.3) is 0 Å². The van der Waals surface area contributed by atoms with E-state index < -0.39 is 12.1 Å². The van der Waals surface area contributed by atoms with E-state index in [9.17, 15) is 4.79 Å². The van der Waals surface area contributed by atoms with Crippen LogP contribution in [0.1, 0.15) is 6.92 Å². The number of rotatable bonds is 3. The van der Waals surface area contributed by atoms with Crippen LogP contribution in [0.3, 0.4) is 0 Å². The lowest BCUT2D eigenvalue weighted by Gasteiger charge is -2.14. The fourth-order valence-corrected chi connectivity index (χ4v) is 1.07. The van der Waals surface area contributed by atoms with Crippen LogP contribution >= 0.6 is 9.24 Å². The molecule has 0 bridgehead atoms. The highest BCUT2D eigenvalue weighted by atomic mass is 31.0. The van der Waals surface area contributed by atoms with Crippen LogP contribution in [0.4, 0.5) is 0 Å². The second-order valence-electron chi connectivity index (χ2n) is 1.91. The molecular formula is C5H12NO2P. The minimum Gasteiger partial charge on any atom is -0.391 e. The normalized spacial score (nSPS) is 16.9. The van der Waals surface area contributed by atoms with Gasteiger partial charge in [0.15, 0.2) is 5.52 Å². The Morgan fingerprint density at radius 3 is 2.22 bits per heavy atom. The molecule has 3 nitrogen and oxygen atoms in total. The Kier molecular flexibility index (Phi) is 3.95. The van der Waals surface area contributed by atoms with Crippen molar-refractivity contribution in [1.82, 2.24) is 5.32 Å². The average molecular weight is 149 g/mol. The maximum absolute atomic E-state index is 10.6. The second-order valence-corrected chi connectivity index (χ2v) is 2.48. The molecule has 4 heteroatoms. The van der Waals surface area contributed by atoms with Crippen LogP contribution in [0.15, 0.2) is 0 Å². The molecular weight excluding hydrogens is 137 g/mol. The molecule has 9 heavy (non-hydrogen) atoms.